The van der Waals surface area contributed by atoms with Crippen molar-refractivity contribution in [2.75, 3.05) is 32.8 Å². The first kappa shape index (κ1) is 17.6. The zero-order valence-electron chi connectivity index (χ0n) is 15.0. The number of carbonyl (C=O) groups is 1. The Kier molecular flexibility index (Phi) is 4.77. The second kappa shape index (κ2) is 7.06. The number of thiazole rings is 1. The Balaban J connectivity index is 1.39. The molecule has 2 aliphatic heterocycles. The van der Waals surface area contributed by atoms with Gasteiger partial charge in [0.05, 0.1) is 23.7 Å². The number of amides is 1. The van der Waals surface area contributed by atoms with Gasteiger partial charge in [-0.1, -0.05) is 6.07 Å². The van der Waals surface area contributed by atoms with Gasteiger partial charge in [-0.3, -0.25) is 14.7 Å². The third-order valence-electron chi connectivity index (χ3n) is 5.63. The Morgan fingerprint density at radius 1 is 1.42 bits per heavy atom. The highest BCUT2D eigenvalue weighted by molar-refractivity contribution is 7.09. The van der Waals surface area contributed by atoms with Crippen molar-refractivity contribution in [2.45, 2.75) is 19.9 Å². The molecule has 2 atom stereocenters. The second-order valence-corrected chi connectivity index (χ2v) is 8.62. The van der Waals surface area contributed by atoms with Crippen molar-refractivity contribution < 1.29 is 9.90 Å². The lowest BCUT2D eigenvalue weighted by Gasteiger charge is -2.27. The second-order valence-electron chi connectivity index (χ2n) is 7.56. The Morgan fingerprint density at radius 3 is 2.96 bits per heavy atom. The average molecular weight is 372 g/mol. The third kappa shape index (κ3) is 3.39. The van der Waals surface area contributed by atoms with E-state index in [-0.39, 0.29) is 17.9 Å². The molecule has 0 radical (unpaired) electrons. The van der Waals surface area contributed by atoms with Crippen LogP contribution in [0, 0.1) is 18.3 Å². The summed E-state index contributed by atoms with van der Waals surface area (Å²) in [5.74, 6) is 0.451. The van der Waals surface area contributed by atoms with Crippen LogP contribution in [-0.2, 0) is 17.8 Å². The summed E-state index contributed by atoms with van der Waals surface area (Å²) in [5.41, 5.74) is 1.84. The number of hydrogen-bond acceptors (Lipinski definition) is 6. The number of carbonyl (C=O) groups excluding carboxylic acids is 1. The standard InChI is InChI=1S/C19H24N4O2S/c1-14-21-17(10-26-14)9-22-7-16-8-23(12-19(16,11-22)13-24)18(25)5-15-3-2-4-20-6-15/h2-4,6,10,16,24H,5,7-9,11-13H2,1H3. The van der Waals surface area contributed by atoms with Crippen molar-refractivity contribution in [3.8, 4) is 0 Å². The molecule has 2 saturated heterocycles. The summed E-state index contributed by atoms with van der Waals surface area (Å²) >= 11 is 1.67. The molecule has 6 nitrogen and oxygen atoms in total. The molecule has 0 bridgehead atoms. The average Bonchev–Trinajstić information content (AvgIpc) is 3.28. The molecule has 138 valence electrons. The number of aliphatic hydroxyl groups is 1. The molecule has 2 aliphatic rings. The van der Waals surface area contributed by atoms with E-state index in [2.05, 4.69) is 20.2 Å². The minimum Gasteiger partial charge on any atom is -0.396 e. The van der Waals surface area contributed by atoms with Crippen LogP contribution in [0.4, 0.5) is 0 Å². The Morgan fingerprint density at radius 2 is 2.31 bits per heavy atom. The van der Waals surface area contributed by atoms with Crippen molar-refractivity contribution in [3.63, 3.8) is 0 Å². The maximum Gasteiger partial charge on any atom is 0.227 e. The summed E-state index contributed by atoms with van der Waals surface area (Å²) < 4.78 is 0. The molecule has 1 amide bonds. The Bertz CT molecular complexity index is 781. The quantitative estimate of drug-likeness (QED) is 0.858. The fourth-order valence-electron chi connectivity index (χ4n) is 4.32. The molecule has 1 N–H and O–H groups in total. The van der Waals surface area contributed by atoms with Gasteiger partial charge in [-0.25, -0.2) is 4.98 Å². The number of fused-ring (bicyclic) bond motifs is 1. The van der Waals surface area contributed by atoms with Crippen LogP contribution in [-0.4, -0.2) is 63.6 Å². The van der Waals surface area contributed by atoms with Crippen LogP contribution in [0.1, 0.15) is 16.3 Å². The van der Waals surface area contributed by atoms with Gasteiger partial charge in [0.25, 0.3) is 0 Å². The van der Waals surface area contributed by atoms with E-state index in [1.165, 1.54) is 0 Å². The number of pyridine rings is 1. The molecule has 2 unspecified atom stereocenters. The Hall–Kier alpha value is -1.83. The van der Waals surface area contributed by atoms with Crippen LogP contribution in [0.2, 0.25) is 0 Å². The molecular weight excluding hydrogens is 348 g/mol. The van der Waals surface area contributed by atoms with Crippen molar-refractivity contribution in [1.82, 2.24) is 19.8 Å². The van der Waals surface area contributed by atoms with Crippen LogP contribution in [0.5, 0.6) is 0 Å². The van der Waals surface area contributed by atoms with Gasteiger partial charge in [-0.15, -0.1) is 11.3 Å². The third-order valence-corrected chi connectivity index (χ3v) is 6.45. The molecule has 0 spiro atoms. The summed E-state index contributed by atoms with van der Waals surface area (Å²) in [6.07, 6.45) is 3.84. The van der Waals surface area contributed by atoms with E-state index in [1.54, 1.807) is 23.7 Å². The maximum atomic E-state index is 12.7. The minimum absolute atomic E-state index is 0.126. The number of aromatic nitrogens is 2. The highest BCUT2D eigenvalue weighted by atomic mass is 32.1. The zero-order chi connectivity index (χ0) is 18.1. The van der Waals surface area contributed by atoms with E-state index in [0.29, 0.717) is 18.9 Å². The first-order valence-corrected chi connectivity index (χ1v) is 9.87. The van der Waals surface area contributed by atoms with Crippen molar-refractivity contribution in [3.05, 3.63) is 46.2 Å². The number of aryl methyl sites for hydroxylation is 1. The van der Waals surface area contributed by atoms with E-state index in [1.807, 2.05) is 24.0 Å². The van der Waals surface area contributed by atoms with E-state index in [0.717, 1.165) is 42.4 Å². The molecule has 26 heavy (non-hydrogen) atoms. The molecule has 7 heteroatoms. The lowest BCUT2D eigenvalue weighted by Crippen LogP contribution is -2.39. The predicted octanol–water partition coefficient (Wildman–Crippen LogP) is 1.34. The predicted molar refractivity (Wildman–Crippen MR) is 99.7 cm³/mol. The van der Waals surface area contributed by atoms with Crippen LogP contribution in [0.3, 0.4) is 0 Å². The lowest BCUT2D eigenvalue weighted by molar-refractivity contribution is -0.130. The van der Waals surface area contributed by atoms with Gasteiger partial charge in [-0.05, 0) is 24.5 Å². The van der Waals surface area contributed by atoms with Gasteiger partial charge in [0.15, 0.2) is 0 Å². The Labute approximate surface area is 157 Å². The first-order valence-electron chi connectivity index (χ1n) is 8.99. The van der Waals surface area contributed by atoms with Gasteiger partial charge in [0, 0.05) is 55.9 Å². The van der Waals surface area contributed by atoms with Gasteiger partial charge in [0.1, 0.15) is 0 Å². The summed E-state index contributed by atoms with van der Waals surface area (Å²) in [6.45, 7) is 6.07. The number of rotatable bonds is 5. The van der Waals surface area contributed by atoms with E-state index < -0.39 is 0 Å². The monoisotopic (exact) mass is 372 g/mol. The fraction of sp³-hybridized carbons (Fsp3) is 0.526. The normalized spacial score (nSPS) is 25.6. The fourth-order valence-corrected chi connectivity index (χ4v) is 4.93. The molecule has 4 rings (SSSR count). The molecule has 0 saturated carbocycles. The van der Waals surface area contributed by atoms with Gasteiger partial charge in [-0.2, -0.15) is 0 Å². The molecule has 2 fully saturated rings. The van der Waals surface area contributed by atoms with Gasteiger partial charge in [0.2, 0.25) is 5.91 Å². The first-order chi connectivity index (χ1) is 12.6. The molecule has 4 heterocycles. The topological polar surface area (TPSA) is 69.6 Å². The van der Waals surface area contributed by atoms with Gasteiger partial charge < -0.3 is 10.0 Å². The zero-order valence-corrected chi connectivity index (χ0v) is 15.8. The van der Waals surface area contributed by atoms with Gasteiger partial charge >= 0.3 is 0 Å². The minimum atomic E-state index is -0.199. The maximum absolute atomic E-state index is 12.7. The van der Waals surface area contributed by atoms with Crippen LogP contribution < -0.4 is 0 Å². The molecule has 0 aromatic carbocycles. The summed E-state index contributed by atoms with van der Waals surface area (Å²) in [7, 11) is 0. The van der Waals surface area contributed by atoms with Crippen LogP contribution >= 0.6 is 11.3 Å². The van der Waals surface area contributed by atoms with Crippen molar-refractivity contribution in [2.24, 2.45) is 11.3 Å². The largest absolute Gasteiger partial charge is 0.396 e. The number of nitrogens with zero attached hydrogens (tertiary/aromatic N) is 4. The van der Waals surface area contributed by atoms with Crippen LogP contribution in [0.15, 0.2) is 29.9 Å². The summed E-state index contributed by atoms with van der Waals surface area (Å²) in [5, 5.41) is 13.3. The summed E-state index contributed by atoms with van der Waals surface area (Å²) in [6, 6.07) is 3.79. The van der Waals surface area contributed by atoms with E-state index in [9.17, 15) is 9.90 Å². The smallest absolute Gasteiger partial charge is 0.227 e. The summed E-state index contributed by atoms with van der Waals surface area (Å²) in [4.78, 5) is 25.6. The number of aliphatic hydroxyl groups excluding tert-OH is 1. The lowest BCUT2D eigenvalue weighted by atomic mass is 9.82. The molecule has 2 aromatic heterocycles. The number of likely N-dealkylation sites (tertiary alicyclic amines) is 2. The molecule has 0 aliphatic carbocycles. The SMILES string of the molecule is Cc1nc(CN2CC3CN(C(=O)Cc4cccnc4)CC3(CO)C2)cs1. The highest BCUT2D eigenvalue weighted by Gasteiger charge is 2.52. The van der Waals surface area contributed by atoms with Crippen molar-refractivity contribution in [1.29, 1.82) is 0 Å². The van der Waals surface area contributed by atoms with Crippen LogP contribution in [0.25, 0.3) is 0 Å². The number of hydrogen-bond donors (Lipinski definition) is 1. The molecule has 2 aromatic rings. The van der Waals surface area contributed by atoms with Crippen molar-refractivity contribution >= 4 is 17.2 Å². The highest BCUT2D eigenvalue weighted by Crippen LogP contribution is 2.42. The molecular formula is C19H24N4O2S. The van der Waals surface area contributed by atoms with E-state index in [4.69, 9.17) is 0 Å². The van der Waals surface area contributed by atoms with E-state index >= 15 is 0 Å².